The number of carbonyl (C=O) groups excluding carboxylic acids is 1. The Morgan fingerprint density at radius 3 is 2.85 bits per heavy atom. The molecule has 33 heavy (non-hydrogen) atoms. The Bertz CT molecular complexity index is 1180. The van der Waals surface area contributed by atoms with Crippen molar-refractivity contribution in [2.24, 2.45) is 7.05 Å². The number of pyridine rings is 1. The van der Waals surface area contributed by atoms with Gasteiger partial charge in [-0.2, -0.15) is 18.3 Å². The summed E-state index contributed by atoms with van der Waals surface area (Å²) in [6, 6.07) is 5.78. The van der Waals surface area contributed by atoms with Crippen LogP contribution < -0.4 is 15.4 Å². The summed E-state index contributed by atoms with van der Waals surface area (Å²) in [5, 5.41) is 9.51. The number of aryl methyl sites for hydroxylation is 1. The number of rotatable bonds is 5. The maximum absolute atomic E-state index is 14.1. The van der Waals surface area contributed by atoms with Crippen LogP contribution in [0.2, 0.25) is 0 Å². The number of hydrogen-bond donors (Lipinski definition) is 2. The highest BCUT2D eigenvalue weighted by molar-refractivity contribution is 6.05. The number of nitrogens with zero attached hydrogens (tertiary/aromatic N) is 3. The molecule has 2 N–H and O–H groups in total. The Kier molecular flexibility index (Phi) is 5.95. The maximum atomic E-state index is 14.1. The van der Waals surface area contributed by atoms with E-state index in [0.29, 0.717) is 17.4 Å². The number of nitrogens with one attached hydrogen (secondary N) is 2. The first kappa shape index (κ1) is 22.9. The van der Waals surface area contributed by atoms with Gasteiger partial charge in [-0.25, -0.2) is 8.78 Å². The summed E-state index contributed by atoms with van der Waals surface area (Å²) >= 11 is 0. The number of amides is 1. The summed E-state index contributed by atoms with van der Waals surface area (Å²) in [4.78, 5) is 16.2. The SMILES string of the molecule is Cn1nc2ccc(OCc3cccnc3C(F)(F)F)cc2c1C(=O)NC1CCNCC1(F)F. The predicted molar refractivity (Wildman–Crippen MR) is 108 cm³/mol. The molecule has 0 radical (unpaired) electrons. The number of fused-ring (bicyclic) bond motifs is 1. The Hall–Kier alpha value is -3.28. The van der Waals surface area contributed by atoms with Gasteiger partial charge in [0.2, 0.25) is 0 Å². The lowest BCUT2D eigenvalue weighted by Gasteiger charge is -2.32. The largest absolute Gasteiger partial charge is 0.489 e. The molecule has 3 heterocycles. The molecule has 1 saturated heterocycles. The number of ether oxygens (including phenoxy) is 1. The number of alkyl halides is 5. The highest BCUT2D eigenvalue weighted by atomic mass is 19.4. The third-order valence-corrected chi connectivity index (χ3v) is 5.36. The molecule has 3 aromatic rings. The van der Waals surface area contributed by atoms with Gasteiger partial charge in [-0.05, 0) is 37.2 Å². The molecule has 1 aliphatic heterocycles. The monoisotopic (exact) mass is 469 g/mol. The standard InChI is InChI=1S/C21H20F5N5O2/c1-31-17(19(32)29-16-6-8-27-11-20(16,22)23)14-9-13(4-5-15(14)30-31)33-10-12-3-2-7-28-18(12)21(24,25)26/h2-5,7,9,16,27H,6,8,10-11H2,1H3,(H,29,32). The molecule has 0 bridgehead atoms. The molecule has 1 aliphatic rings. The average molecular weight is 469 g/mol. The van der Waals surface area contributed by atoms with Crippen LogP contribution in [0.15, 0.2) is 36.5 Å². The molecule has 1 aromatic carbocycles. The molecular formula is C21H20F5N5O2. The van der Waals surface area contributed by atoms with Crippen molar-refractivity contribution in [1.29, 1.82) is 0 Å². The van der Waals surface area contributed by atoms with Crippen LogP contribution in [-0.2, 0) is 19.8 Å². The van der Waals surface area contributed by atoms with Gasteiger partial charge in [0.15, 0.2) is 5.69 Å². The van der Waals surface area contributed by atoms with Crippen molar-refractivity contribution >= 4 is 16.8 Å². The fourth-order valence-corrected chi connectivity index (χ4v) is 3.75. The minimum atomic E-state index is -4.63. The highest BCUT2D eigenvalue weighted by Crippen LogP contribution is 2.31. The minimum absolute atomic E-state index is 0.0436. The van der Waals surface area contributed by atoms with Crippen molar-refractivity contribution < 1.29 is 31.5 Å². The van der Waals surface area contributed by atoms with Gasteiger partial charge >= 0.3 is 6.18 Å². The topological polar surface area (TPSA) is 81.1 Å². The number of hydrogen-bond acceptors (Lipinski definition) is 5. The summed E-state index contributed by atoms with van der Waals surface area (Å²) in [5.41, 5.74) is -0.746. The van der Waals surface area contributed by atoms with Gasteiger partial charge in [0.05, 0.1) is 18.1 Å². The molecule has 1 amide bonds. The summed E-state index contributed by atoms with van der Waals surface area (Å²) < 4.78 is 74.5. The zero-order chi connectivity index (χ0) is 23.8. The summed E-state index contributed by atoms with van der Waals surface area (Å²) in [5.74, 6) is -3.64. The molecule has 2 aromatic heterocycles. The van der Waals surface area contributed by atoms with Crippen LogP contribution in [0.25, 0.3) is 10.9 Å². The second kappa shape index (κ2) is 8.58. The van der Waals surface area contributed by atoms with Crippen LogP contribution in [0.5, 0.6) is 5.75 Å². The van der Waals surface area contributed by atoms with E-state index in [0.717, 1.165) is 6.20 Å². The van der Waals surface area contributed by atoms with E-state index >= 15 is 0 Å². The van der Waals surface area contributed by atoms with E-state index in [4.69, 9.17) is 4.74 Å². The summed E-state index contributed by atoms with van der Waals surface area (Å²) in [7, 11) is 1.50. The molecule has 176 valence electrons. The molecule has 1 fully saturated rings. The van der Waals surface area contributed by atoms with E-state index in [-0.39, 0.29) is 23.4 Å². The fraction of sp³-hybridized carbons (Fsp3) is 0.381. The maximum Gasteiger partial charge on any atom is 0.433 e. The smallest absolute Gasteiger partial charge is 0.433 e. The Balaban J connectivity index is 1.57. The molecule has 0 saturated carbocycles. The first-order chi connectivity index (χ1) is 15.6. The van der Waals surface area contributed by atoms with E-state index in [9.17, 15) is 26.7 Å². The van der Waals surface area contributed by atoms with Gasteiger partial charge < -0.3 is 15.4 Å². The Labute approximate surface area is 184 Å². The van der Waals surface area contributed by atoms with Crippen molar-refractivity contribution in [3.05, 3.63) is 53.5 Å². The number of aromatic nitrogens is 3. The first-order valence-corrected chi connectivity index (χ1v) is 10.1. The van der Waals surface area contributed by atoms with Crippen LogP contribution >= 0.6 is 0 Å². The van der Waals surface area contributed by atoms with Gasteiger partial charge in [0.1, 0.15) is 18.1 Å². The Morgan fingerprint density at radius 1 is 1.33 bits per heavy atom. The lowest BCUT2D eigenvalue weighted by atomic mass is 10.0. The zero-order valence-electron chi connectivity index (χ0n) is 17.4. The van der Waals surface area contributed by atoms with Crippen molar-refractivity contribution in [2.75, 3.05) is 13.1 Å². The van der Waals surface area contributed by atoms with E-state index in [1.807, 2.05) is 0 Å². The third kappa shape index (κ3) is 4.75. The summed E-state index contributed by atoms with van der Waals surface area (Å²) in [6.45, 7) is -0.591. The third-order valence-electron chi connectivity index (χ3n) is 5.36. The first-order valence-electron chi connectivity index (χ1n) is 10.1. The molecule has 0 aliphatic carbocycles. The lowest BCUT2D eigenvalue weighted by molar-refractivity contribution is -0.142. The lowest BCUT2D eigenvalue weighted by Crippen LogP contribution is -2.57. The van der Waals surface area contributed by atoms with Crippen LogP contribution in [0.1, 0.15) is 28.2 Å². The van der Waals surface area contributed by atoms with Gasteiger partial charge in [-0.15, -0.1) is 0 Å². The zero-order valence-corrected chi connectivity index (χ0v) is 17.4. The molecule has 4 rings (SSSR count). The van der Waals surface area contributed by atoms with Crippen molar-refractivity contribution in [1.82, 2.24) is 25.4 Å². The van der Waals surface area contributed by atoms with Crippen molar-refractivity contribution in [3.63, 3.8) is 0 Å². The minimum Gasteiger partial charge on any atom is -0.489 e. The average Bonchev–Trinajstić information content (AvgIpc) is 3.08. The van der Waals surface area contributed by atoms with Crippen LogP contribution in [0.4, 0.5) is 22.0 Å². The molecule has 1 atom stereocenters. The predicted octanol–water partition coefficient (Wildman–Crippen LogP) is 3.29. The number of benzene rings is 1. The normalized spacial score (nSPS) is 18.3. The second-order valence-corrected chi connectivity index (χ2v) is 7.70. The molecule has 7 nitrogen and oxygen atoms in total. The summed E-state index contributed by atoms with van der Waals surface area (Å²) in [6.07, 6.45) is -3.52. The van der Waals surface area contributed by atoms with E-state index < -0.39 is 42.9 Å². The Morgan fingerprint density at radius 2 is 2.12 bits per heavy atom. The number of piperidine rings is 1. The van der Waals surface area contributed by atoms with E-state index in [2.05, 4.69) is 20.7 Å². The van der Waals surface area contributed by atoms with Gasteiger partial charge in [-0.1, -0.05) is 6.07 Å². The van der Waals surface area contributed by atoms with Crippen molar-refractivity contribution in [2.45, 2.75) is 31.2 Å². The van der Waals surface area contributed by atoms with Crippen molar-refractivity contribution in [3.8, 4) is 5.75 Å². The van der Waals surface area contributed by atoms with Gasteiger partial charge in [-0.3, -0.25) is 14.5 Å². The van der Waals surface area contributed by atoms with Crippen LogP contribution in [0.3, 0.4) is 0 Å². The fourth-order valence-electron chi connectivity index (χ4n) is 3.75. The molecular weight excluding hydrogens is 449 g/mol. The molecule has 1 unspecified atom stereocenters. The highest BCUT2D eigenvalue weighted by Gasteiger charge is 2.43. The van der Waals surface area contributed by atoms with E-state index in [1.54, 1.807) is 0 Å². The van der Waals surface area contributed by atoms with E-state index in [1.165, 1.54) is 42.1 Å². The van der Waals surface area contributed by atoms with Gasteiger partial charge in [0.25, 0.3) is 11.8 Å². The molecule has 0 spiro atoms. The quantitative estimate of drug-likeness (QED) is 0.561. The second-order valence-electron chi connectivity index (χ2n) is 7.70. The number of halogens is 5. The van der Waals surface area contributed by atoms with Crippen LogP contribution in [-0.4, -0.2) is 45.7 Å². The number of carbonyl (C=O) groups is 1. The molecule has 12 heteroatoms. The van der Waals surface area contributed by atoms with Crippen LogP contribution in [0, 0.1) is 0 Å². The van der Waals surface area contributed by atoms with Gasteiger partial charge in [0, 0.05) is 24.2 Å².